The Morgan fingerprint density at radius 2 is 1.97 bits per heavy atom. The molecule has 1 heterocycles. The van der Waals surface area contributed by atoms with Gasteiger partial charge in [-0.3, -0.25) is 5.32 Å². The molecule has 1 amide bonds. The topological polar surface area (TPSA) is 78.5 Å². The summed E-state index contributed by atoms with van der Waals surface area (Å²) in [6.45, 7) is 2.01. The molecule has 0 atom stereocenters. The number of anilines is 2. The third kappa shape index (κ3) is 4.45. The van der Waals surface area contributed by atoms with Crippen LogP contribution in [0.1, 0.15) is 19.8 Å². The number of nitrogens with one attached hydrogen (secondary N) is 1. The van der Waals surface area contributed by atoms with Crippen molar-refractivity contribution in [2.75, 3.05) is 31.4 Å². The number of alkyl halides is 1. The number of carbonyl (C=O) groups excluding carboxylic acids is 1. The standard InChI is InChI=1S/C22H26FN3O3/c1-3-4-12-26-19-14-17(28-2)9-10-18(19)20(24)21(26)15-5-7-16(8-6-15)25-22(27)29-13-11-23/h5-10,14H,3-4,11-13,24H2,1-2H3,(H,25,27). The van der Waals surface area contributed by atoms with Gasteiger partial charge in [-0.2, -0.15) is 0 Å². The van der Waals surface area contributed by atoms with Crippen LogP contribution >= 0.6 is 0 Å². The quantitative estimate of drug-likeness (QED) is 0.544. The summed E-state index contributed by atoms with van der Waals surface area (Å²) in [5.41, 5.74) is 10.7. The number of unbranched alkanes of at least 4 members (excludes halogenated alkanes) is 1. The van der Waals surface area contributed by atoms with Gasteiger partial charge in [0.2, 0.25) is 0 Å². The van der Waals surface area contributed by atoms with Crippen LogP contribution in [0.4, 0.5) is 20.6 Å². The number of rotatable bonds is 8. The Balaban J connectivity index is 1.97. The molecule has 7 heteroatoms. The minimum Gasteiger partial charge on any atom is -0.497 e. The SMILES string of the molecule is CCCCn1c(-c2ccc(NC(=O)OCCF)cc2)c(N)c2ccc(OC)cc21. The van der Waals surface area contributed by atoms with Crippen molar-refractivity contribution in [2.45, 2.75) is 26.3 Å². The number of amides is 1. The largest absolute Gasteiger partial charge is 0.497 e. The van der Waals surface area contributed by atoms with Crippen LogP contribution < -0.4 is 15.8 Å². The molecule has 0 unspecified atom stereocenters. The lowest BCUT2D eigenvalue weighted by Crippen LogP contribution is -2.14. The number of halogens is 1. The van der Waals surface area contributed by atoms with Crippen LogP contribution in [0, 0.1) is 0 Å². The molecule has 0 aliphatic rings. The van der Waals surface area contributed by atoms with E-state index >= 15 is 0 Å². The van der Waals surface area contributed by atoms with E-state index in [2.05, 4.69) is 16.8 Å². The molecule has 6 nitrogen and oxygen atoms in total. The zero-order valence-electron chi connectivity index (χ0n) is 16.7. The molecular weight excluding hydrogens is 373 g/mol. The highest BCUT2D eigenvalue weighted by Crippen LogP contribution is 2.38. The summed E-state index contributed by atoms with van der Waals surface area (Å²) >= 11 is 0. The average molecular weight is 399 g/mol. The van der Waals surface area contributed by atoms with Crippen molar-refractivity contribution < 1.29 is 18.7 Å². The average Bonchev–Trinajstić information content (AvgIpc) is 3.02. The lowest BCUT2D eigenvalue weighted by atomic mass is 10.1. The predicted octanol–water partition coefficient (Wildman–Crippen LogP) is 5.22. The van der Waals surface area contributed by atoms with Gasteiger partial charge in [0.1, 0.15) is 19.0 Å². The summed E-state index contributed by atoms with van der Waals surface area (Å²) in [6.07, 6.45) is 1.40. The summed E-state index contributed by atoms with van der Waals surface area (Å²) in [4.78, 5) is 11.6. The number of fused-ring (bicyclic) bond motifs is 1. The maximum Gasteiger partial charge on any atom is 0.411 e. The van der Waals surface area contributed by atoms with E-state index in [4.69, 9.17) is 15.2 Å². The van der Waals surface area contributed by atoms with E-state index in [1.54, 1.807) is 19.2 Å². The van der Waals surface area contributed by atoms with E-state index in [9.17, 15) is 9.18 Å². The number of benzene rings is 2. The number of nitrogens with zero attached hydrogens (tertiary/aromatic N) is 1. The Kier molecular flexibility index (Phi) is 6.59. The Labute approximate surface area is 169 Å². The second kappa shape index (κ2) is 9.32. The minimum absolute atomic E-state index is 0.262. The van der Waals surface area contributed by atoms with Gasteiger partial charge in [-0.25, -0.2) is 9.18 Å². The summed E-state index contributed by atoms with van der Waals surface area (Å²) in [5.74, 6) is 0.783. The summed E-state index contributed by atoms with van der Waals surface area (Å²) in [7, 11) is 1.65. The van der Waals surface area contributed by atoms with Crippen molar-refractivity contribution in [1.82, 2.24) is 4.57 Å². The summed E-state index contributed by atoms with van der Waals surface area (Å²) < 4.78 is 24.4. The van der Waals surface area contributed by atoms with Crippen LogP contribution in [0.3, 0.4) is 0 Å². The van der Waals surface area contributed by atoms with Crippen molar-refractivity contribution in [3.8, 4) is 17.0 Å². The number of aromatic nitrogens is 1. The van der Waals surface area contributed by atoms with E-state index in [-0.39, 0.29) is 6.61 Å². The molecule has 0 fully saturated rings. The second-order valence-electron chi connectivity index (χ2n) is 6.68. The van der Waals surface area contributed by atoms with Gasteiger partial charge in [0.25, 0.3) is 0 Å². The lowest BCUT2D eigenvalue weighted by Gasteiger charge is -2.12. The number of ether oxygens (including phenoxy) is 2. The molecule has 0 aliphatic heterocycles. The molecule has 2 aromatic carbocycles. The van der Waals surface area contributed by atoms with Gasteiger partial charge in [0.05, 0.1) is 24.0 Å². The number of methoxy groups -OCH3 is 1. The Morgan fingerprint density at radius 1 is 1.21 bits per heavy atom. The van der Waals surface area contributed by atoms with Crippen LogP contribution in [0.2, 0.25) is 0 Å². The van der Waals surface area contributed by atoms with E-state index in [0.717, 1.165) is 47.3 Å². The van der Waals surface area contributed by atoms with Crippen molar-refractivity contribution in [1.29, 1.82) is 0 Å². The van der Waals surface area contributed by atoms with Crippen molar-refractivity contribution in [3.63, 3.8) is 0 Å². The monoisotopic (exact) mass is 399 g/mol. The molecule has 0 saturated carbocycles. The van der Waals surface area contributed by atoms with Crippen LogP contribution in [-0.2, 0) is 11.3 Å². The molecule has 0 saturated heterocycles. The fraction of sp³-hybridized carbons (Fsp3) is 0.318. The molecule has 29 heavy (non-hydrogen) atoms. The molecule has 3 aromatic rings. The number of hydrogen-bond acceptors (Lipinski definition) is 4. The van der Waals surface area contributed by atoms with Gasteiger partial charge in [-0.1, -0.05) is 25.5 Å². The van der Waals surface area contributed by atoms with E-state index in [1.807, 2.05) is 30.3 Å². The molecular formula is C22H26FN3O3. The van der Waals surface area contributed by atoms with Crippen LogP contribution in [0.15, 0.2) is 42.5 Å². The zero-order valence-corrected chi connectivity index (χ0v) is 16.7. The molecule has 3 N–H and O–H groups in total. The fourth-order valence-corrected chi connectivity index (χ4v) is 3.34. The highest BCUT2D eigenvalue weighted by atomic mass is 19.1. The first-order chi connectivity index (χ1) is 14.1. The molecule has 0 bridgehead atoms. The Hall–Kier alpha value is -3.22. The number of carbonyl (C=O) groups is 1. The maximum absolute atomic E-state index is 12.1. The molecule has 1 aromatic heterocycles. The van der Waals surface area contributed by atoms with Gasteiger partial charge in [-0.15, -0.1) is 0 Å². The summed E-state index contributed by atoms with van der Waals surface area (Å²) in [5, 5.41) is 3.56. The first-order valence-electron chi connectivity index (χ1n) is 9.65. The molecule has 0 spiro atoms. The number of aryl methyl sites for hydroxylation is 1. The fourth-order valence-electron chi connectivity index (χ4n) is 3.34. The molecule has 0 radical (unpaired) electrons. The van der Waals surface area contributed by atoms with Gasteiger partial charge in [-0.05, 0) is 30.7 Å². The van der Waals surface area contributed by atoms with E-state index in [1.165, 1.54) is 0 Å². The van der Waals surface area contributed by atoms with Crippen molar-refractivity contribution in [3.05, 3.63) is 42.5 Å². The minimum atomic E-state index is -0.710. The van der Waals surface area contributed by atoms with Crippen molar-refractivity contribution >= 4 is 28.4 Å². The predicted molar refractivity (Wildman–Crippen MR) is 114 cm³/mol. The zero-order chi connectivity index (χ0) is 20.8. The maximum atomic E-state index is 12.1. The first kappa shape index (κ1) is 20.5. The van der Waals surface area contributed by atoms with Gasteiger partial charge in [0.15, 0.2) is 0 Å². The normalized spacial score (nSPS) is 10.9. The molecule has 3 rings (SSSR count). The van der Waals surface area contributed by atoms with Crippen LogP contribution in [0.25, 0.3) is 22.2 Å². The number of hydrogen-bond donors (Lipinski definition) is 2. The number of nitrogen functional groups attached to an aromatic ring is 1. The summed E-state index contributed by atoms with van der Waals surface area (Å²) in [6, 6.07) is 13.2. The smallest absolute Gasteiger partial charge is 0.411 e. The van der Waals surface area contributed by atoms with Gasteiger partial charge < -0.3 is 19.8 Å². The molecule has 154 valence electrons. The van der Waals surface area contributed by atoms with E-state index in [0.29, 0.717) is 11.4 Å². The lowest BCUT2D eigenvalue weighted by molar-refractivity contribution is 0.152. The van der Waals surface area contributed by atoms with Crippen molar-refractivity contribution in [2.24, 2.45) is 0 Å². The highest BCUT2D eigenvalue weighted by Gasteiger charge is 2.17. The van der Waals surface area contributed by atoms with Gasteiger partial charge in [0, 0.05) is 29.2 Å². The van der Waals surface area contributed by atoms with Gasteiger partial charge >= 0.3 is 6.09 Å². The Bertz CT molecular complexity index is 983. The van der Waals surface area contributed by atoms with E-state index < -0.39 is 12.8 Å². The Morgan fingerprint density at radius 3 is 2.62 bits per heavy atom. The highest BCUT2D eigenvalue weighted by molar-refractivity contribution is 6.01. The van der Waals surface area contributed by atoms with Crippen LogP contribution in [0.5, 0.6) is 5.75 Å². The third-order valence-electron chi connectivity index (χ3n) is 4.76. The number of nitrogens with two attached hydrogens (primary N) is 1. The molecule has 0 aliphatic carbocycles. The second-order valence-corrected chi connectivity index (χ2v) is 6.68. The third-order valence-corrected chi connectivity index (χ3v) is 4.76. The van der Waals surface area contributed by atoms with Crippen LogP contribution in [-0.4, -0.2) is 31.1 Å². The first-order valence-corrected chi connectivity index (χ1v) is 9.65.